The Hall–Kier alpha value is -2.33. The van der Waals surface area contributed by atoms with Gasteiger partial charge in [-0.3, -0.25) is 9.78 Å². The number of hydrogen-bond donors (Lipinski definition) is 2. The highest BCUT2D eigenvalue weighted by molar-refractivity contribution is 7.71. The topological polar surface area (TPSA) is 98.2 Å². The lowest BCUT2D eigenvalue weighted by molar-refractivity contribution is 0.545. The van der Waals surface area contributed by atoms with Gasteiger partial charge in [0.15, 0.2) is 4.77 Å². The summed E-state index contributed by atoms with van der Waals surface area (Å²) in [5.74, 6) is 0.684. The Morgan fingerprint density at radius 1 is 1.25 bits per heavy atom. The lowest BCUT2D eigenvalue weighted by atomic mass is 9.95. The van der Waals surface area contributed by atoms with Gasteiger partial charge in [-0.05, 0) is 12.2 Å². The Bertz CT molecular complexity index is 790. The first-order valence-electron chi connectivity index (χ1n) is 5.92. The molecule has 102 valence electrons. The molecule has 0 aliphatic heterocycles. The van der Waals surface area contributed by atoms with Crippen molar-refractivity contribution in [3.63, 3.8) is 0 Å². The van der Waals surface area contributed by atoms with Gasteiger partial charge in [0.2, 0.25) is 0 Å². The lowest BCUT2D eigenvalue weighted by Crippen LogP contribution is -2.16. The molecule has 0 amide bonds. The molecule has 2 heterocycles. The molecule has 0 unspecified atom stereocenters. The van der Waals surface area contributed by atoms with Crippen LogP contribution < -0.4 is 5.56 Å². The smallest absolute Gasteiger partial charge is 0.270 e. The zero-order valence-corrected chi connectivity index (χ0v) is 12.1. The molecule has 0 aromatic carbocycles. The monoisotopic (exact) mass is 287 g/mol. The van der Waals surface area contributed by atoms with Crippen molar-refractivity contribution >= 4 is 12.2 Å². The second-order valence-electron chi connectivity index (χ2n) is 5.32. The van der Waals surface area contributed by atoms with Crippen molar-refractivity contribution in [1.29, 1.82) is 5.26 Å². The van der Waals surface area contributed by atoms with E-state index in [-0.39, 0.29) is 15.7 Å². The summed E-state index contributed by atoms with van der Waals surface area (Å²) >= 11 is 4.92. The molecular weight excluding hydrogens is 274 g/mol. The van der Waals surface area contributed by atoms with Crippen molar-refractivity contribution < 1.29 is 0 Å². The number of aromatic nitrogens is 4. The van der Waals surface area contributed by atoms with E-state index < -0.39 is 5.56 Å². The van der Waals surface area contributed by atoms with Crippen LogP contribution in [-0.4, -0.2) is 19.9 Å². The second-order valence-corrected chi connectivity index (χ2v) is 5.72. The van der Waals surface area contributed by atoms with Crippen LogP contribution in [0.5, 0.6) is 0 Å². The highest BCUT2D eigenvalue weighted by atomic mass is 32.1. The van der Waals surface area contributed by atoms with Crippen LogP contribution >= 0.6 is 12.2 Å². The van der Waals surface area contributed by atoms with Crippen molar-refractivity contribution in [3.8, 4) is 17.3 Å². The maximum atomic E-state index is 11.7. The molecule has 2 N–H and O–H groups in total. The average Bonchev–Trinajstić information content (AvgIpc) is 2.37. The molecule has 6 nitrogen and oxygen atoms in total. The minimum Gasteiger partial charge on any atom is -0.331 e. The van der Waals surface area contributed by atoms with Crippen LogP contribution in [0.2, 0.25) is 0 Å². The van der Waals surface area contributed by atoms with E-state index in [1.165, 1.54) is 0 Å². The fraction of sp³-hybridized carbons (Fsp3) is 0.308. The summed E-state index contributed by atoms with van der Waals surface area (Å²) in [5, 5.41) is 9.07. The van der Waals surface area contributed by atoms with Crippen LogP contribution in [0.15, 0.2) is 17.2 Å². The number of nitrogens with one attached hydrogen (secondary N) is 2. The molecule has 0 bridgehead atoms. The summed E-state index contributed by atoms with van der Waals surface area (Å²) in [6.07, 6.45) is 3.16. The van der Waals surface area contributed by atoms with Gasteiger partial charge >= 0.3 is 0 Å². The fourth-order valence-corrected chi connectivity index (χ4v) is 1.85. The van der Waals surface area contributed by atoms with Gasteiger partial charge in [-0.2, -0.15) is 5.26 Å². The van der Waals surface area contributed by atoms with E-state index in [4.69, 9.17) is 17.5 Å². The summed E-state index contributed by atoms with van der Waals surface area (Å²) in [6, 6.07) is 1.86. The number of aromatic amines is 2. The number of nitrogens with zero attached hydrogens (tertiary/aromatic N) is 3. The Morgan fingerprint density at radius 3 is 2.35 bits per heavy atom. The van der Waals surface area contributed by atoms with Crippen LogP contribution in [0.1, 0.15) is 32.2 Å². The fourth-order valence-electron chi connectivity index (χ4n) is 1.65. The summed E-state index contributed by atoms with van der Waals surface area (Å²) in [7, 11) is 0. The molecule has 0 saturated heterocycles. The number of rotatable bonds is 1. The largest absolute Gasteiger partial charge is 0.331 e. The van der Waals surface area contributed by atoms with E-state index in [0.717, 1.165) is 0 Å². The molecule has 0 aliphatic rings. The van der Waals surface area contributed by atoms with Gasteiger partial charge in [-0.25, -0.2) is 9.97 Å². The van der Waals surface area contributed by atoms with Crippen molar-refractivity contribution in [1.82, 2.24) is 19.9 Å². The maximum absolute atomic E-state index is 11.7. The van der Waals surface area contributed by atoms with E-state index >= 15 is 0 Å². The Balaban J connectivity index is 2.62. The molecule has 2 aromatic heterocycles. The zero-order chi connectivity index (χ0) is 14.9. The van der Waals surface area contributed by atoms with Gasteiger partial charge in [-0.1, -0.05) is 20.8 Å². The van der Waals surface area contributed by atoms with Gasteiger partial charge in [0, 0.05) is 23.4 Å². The zero-order valence-electron chi connectivity index (χ0n) is 11.3. The first-order valence-corrected chi connectivity index (χ1v) is 6.33. The maximum Gasteiger partial charge on any atom is 0.270 e. The first kappa shape index (κ1) is 14.1. The van der Waals surface area contributed by atoms with Crippen molar-refractivity contribution in [2.24, 2.45) is 0 Å². The standard InChI is InChI=1S/C13H13N5OS/c1-13(2,3)11-15-5-7(6-16-11)9-8(4-14)10(19)18-12(20)17-9/h5-6H,1-3H3,(H2,17,18,19,20). The summed E-state index contributed by atoms with van der Waals surface area (Å²) in [5.41, 5.74) is 0.155. The summed E-state index contributed by atoms with van der Waals surface area (Å²) < 4.78 is 0.156. The third kappa shape index (κ3) is 2.65. The minimum atomic E-state index is -0.522. The Morgan fingerprint density at radius 2 is 1.85 bits per heavy atom. The van der Waals surface area contributed by atoms with E-state index in [2.05, 4.69) is 19.9 Å². The van der Waals surface area contributed by atoms with E-state index in [0.29, 0.717) is 17.1 Å². The highest BCUT2D eigenvalue weighted by Gasteiger charge is 2.18. The molecule has 0 radical (unpaired) electrons. The van der Waals surface area contributed by atoms with Gasteiger partial charge < -0.3 is 4.98 Å². The van der Waals surface area contributed by atoms with Crippen LogP contribution in [0, 0.1) is 16.1 Å². The van der Waals surface area contributed by atoms with Gasteiger partial charge in [-0.15, -0.1) is 0 Å². The summed E-state index contributed by atoms with van der Waals surface area (Å²) in [4.78, 5) is 25.4. The minimum absolute atomic E-state index is 0.0364. The van der Waals surface area contributed by atoms with E-state index in [9.17, 15) is 4.79 Å². The number of H-pyrrole nitrogens is 2. The lowest BCUT2D eigenvalue weighted by Gasteiger charge is -2.16. The molecular formula is C13H13N5OS. The average molecular weight is 287 g/mol. The van der Waals surface area contributed by atoms with Crippen molar-refractivity contribution in [3.05, 3.63) is 38.9 Å². The molecule has 7 heteroatoms. The highest BCUT2D eigenvalue weighted by Crippen LogP contribution is 2.21. The Kier molecular flexibility index (Phi) is 3.51. The third-order valence-corrected chi connectivity index (χ3v) is 2.87. The third-order valence-electron chi connectivity index (χ3n) is 2.67. The Labute approximate surface area is 120 Å². The molecule has 0 saturated carbocycles. The van der Waals surface area contributed by atoms with Crippen LogP contribution in [0.25, 0.3) is 11.3 Å². The number of nitriles is 1. The van der Waals surface area contributed by atoms with Crippen LogP contribution in [0.3, 0.4) is 0 Å². The van der Waals surface area contributed by atoms with Crippen LogP contribution in [-0.2, 0) is 5.41 Å². The second kappa shape index (κ2) is 4.98. The van der Waals surface area contributed by atoms with E-state index in [1.54, 1.807) is 12.4 Å². The first-order chi connectivity index (χ1) is 9.32. The molecule has 2 rings (SSSR count). The van der Waals surface area contributed by atoms with Crippen LogP contribution in [0.4, 0.5) is 0 Å². The van der Waals surface area contributed by atoms with Gasteiger partial charge in [0.05, 0.1) is 5.69 Å². The quantitative estimate of drug-likeness (QED) is 0.782. The summed E-state index contributed by atoms with van der Waals surface area (Å²) in [6.45, 7) is 6.01. The molecule has 20 heavy (non-hydrogen) atoms. The van der Waals surface area contributed by atoms with E-state index in [1.807, 2.05) is 26.8 Å². The molecule has 0 spiro atoms. The van der Waals surface area contributed by atoms with Crippen molar-refractivity contribution in [2.45, 2.75) is 26.2 Å². The van der Waals surface area contributed by atoms with Gasteiger partial charge in [0.1, 0.15) is 17.5 Å². The predicted octanol–water partition coefficient (Wildman–Crippen LogP) is 2.06. The van der Waals surface area contributed by atoms with Crippen molar-refractivity contribution in [2.75, 3.05) is 0 Å². The molecule has 0 aliphatic carbocycles. The SMILES string of the molecule is CC(C)(C)c1ncc(-c2[nH]c(=S)[nH]c(=O)c2C#N)cn1. The molecule has 2 aromatic rings. The number of hydrogen-bond acceptors (Lipinski definition) is 5. The van der Waals surface area contributed by atoms with Gasteiger partial charge in [0.25, 0.3) is 5.56 Å². The molecule has 0 atom stereocenters. The normalized spacial score (nSPS) is 11.1. The predicted molar refractivity (Wildman–Crippen MR) is 76.7 cm³/mol. The molecule has 0 fully saturated rings.